The molecule has 0 aliphatic carbocycles. The molecule has 1 unspecified atom stereocenters. The number of nitrogens with one attached hydrogen (secondary N) is 2. The molecule has 1 heterocycles. The van der Waals surface area contributed by atoms with Gasteiger partial charge in [-0.25, -0.2) is 4.79 Å². The standard InChI is InChI=1S/C18H26N2O3/c1-12-14-7-5-6-8-15(14)23-16(12)13(2)20-17(22)19-11-18(3,4)9-10-21/h5-8,13,21H,9-11H2,1-4H3,(H2,19,20,22). The van der Waals surface area contributed by atoms with Crippen molar-refractivity contribution in [1.29, 1.82) is 0 Å². The summed E-state index contributed by atoms with van der Waals surface area (Å²) < 4.78 is 5.87. The molecular formula is C18H26N2O3. The fourth-order valence-electron chi connectivity index (χ4n) is 2.63. The second-order valence-corrected chi connectivity index (χ2v) is 6.77. The first-order valence-corrected chi connectivity index (χ1v) is 7.97. The third kappa shape index (κ3) is 4.26. The smallest absolute Gasteiger partial charge is 0.315 e. The molecule has 2 rings (SSSR count). The van der Waals surface area contributed by atoms with E-state index < -0.39 is 0 Å². The van der Waals surface area contributed by atoms with Gasteiger partial charge in [-0.05, 0) is 31.7 Å². The zero-order valence-electron chi connectivity index (χ0n) is 14.3. The fraction of sp³-hybridized carbons (Fsp3) is 0.500. The molecule has 2 aromatic rings. The Bertz CT molecular complexity index is 676. The number of aliphatic hydroxyl groups is 1. The Morgan fingerprint density at radius 2 is 2.04 bits per heavy atom. The van der Waals surface area contributed by atoms with Gasteiger partial charge in [0.1, 0.15) is 11.3 Å². The van der Waals surface area contributed by atoms with Crippen LogP contribution in [0.2, 0.25) is 0 Å². The lowest BCUT2D eigenvalue weighted by atomic mass is 9.90. The van der Waals surface area contributed by atoms with Crippen LogP contribution in [0.25, 0.3) is 11.0 Å². The molecule has 0 aliphatic rings. The number of hydrogen-bond donors (Lipinski definition) is 3. The molecule has 1 aromatic carbocycles. The van der Waals surface area contributed by atoms with Gasteiger partial charge in [-0.3, -0.25) is 0 Å². The number of urea groups is 1. The van der Waals surface area contributed by atoms with Gasteiger partial charge >= 0.3 is 6.03 Å². The van der Waals surface area contributed by atoms with Crippen LogP contribution in [0.4, 0.5) is 4.79 Å². The van der Waals surface area contributed by atoms with Crippen LogP contribution >= 0.6 is 0 Å². The van der Waals surface area contributed by atoms with Gasteiger partial charge in [0.2, 0.25) is 0 Å². The van der Waals surface area contributed by atoms with Crippen molar-refractivity contribution in [1.82, 2.24) is 10.6 Å². The van der Waals surface area contributed by atoms with Gasteiger partial charge in [-0.1, -0.05) is 32.0 Å². The first-order chi connectivity index (χ1) is 10.8. The summed E-state index contributed by atoms with van der Waals surface area (Å²) in [5.74, 6) is 0.774. The molecule has 126 valence electrons. The molecule has 1 aromatic heterocycles. The van der Waals surface area contributed by atoms with E-state index in [2.05, 4.69) is 10.6 Å². The second kappa shape index (κ2) is 7.04. The molecular weight excluding hydrogens is 292 g/mol. The molecule has 0 saturated carbocycles. The summed E-state index contributed by atoms with van der Waals surface area (Å²) in [5, 5.41) is 15.9. The van der Waals surface area contributed by atoms with E-state index in [1.165, 1.54) is 0 Å². The summed E-state index contributed by atoms with van der Waals surface area (Å²) in [6.45, 7) is 8.55. The van der Waals surface area contributed by atoms with E-state index in [0.717, 1.165) is 22.3 Å². The van der Waals surface area contributed by atoms with Crippen molar-refractivity contribution >= 4 is 17.0 Å². The zero-order valence-corrected chi connectivity index (χ0v) is 14.3. The predicted octanol–water partition coefficient (Wildman–Crippen LogP) is 3.51. The fourth-order valence-corrected chi connectivity index (χ4v) is 2.63. The summed E-state index contributed by atoms with van der Waals surface area (Å²) in [7, 11) is 0. The maximum absolute atomic E-state index is 12.1. The number of furan rings is 1. The van der Waals surface area contributed by atoms with Crippen molar-refractivity contribution in [3.63, 3.8) is 0 Å². The van der Waals surface area contributed by atoms with Gasteiger partial charge in [0.05, 0.1) is 6.04 Å². The van der Waals surface area contributed by atoms with Crippen LogP contribution in [-0.2, 0) is 0 Å². The average molecular weight is 318 g/mol. The lowest BCUT2D eigenvalue weighted by molar-refractivity contribution is 0.200. The topological polar surface area (TPSA) is 74.5 Å². The van der Waals surface area contributed by atoms with Crippen molar-refractivity contribution in [2.24, 2.45) is 5.41 Å². The lowest BCUT2D eigenvalue weighted by Crippen LogP contribution is -2.41. The number of fused-ring (bicyclic) bond motifs is 1. The van der Waals surface area contributed by atoms with E-state index >= 15 is 0 Å². The number of aliphatic hydroxyl groups excluding tert-OH is 1. The van der Waals surface area contributed by atoms with Crippen LogP contribution in [0.15, 0.2) is 28.7 Å². The Morgan fingerprint density at radius 3 is 2.70 bits per heavy atom. The van der Waals surface area contributed by atoms with Gasteiger partial charge in [0.25, 0.3) is 0 Å². The van der Waals surface area contributed by atoms with E-state index in [-0.39, 0.29) is 24.1 Å². The van der Waals surface area contributed by atoms with E-state index in [0.29, 0.717) is 13.0 Å². The molecule has 5 heteroatoms. The Hall–Kier alpha value is -2.01. The SMILES string of the molecule is Cc1c(C(C)NC(=O)NCC(C)(C)CCO)oc2ccccc12. The van der Waals surface area contributed by atoms with E-state index in [1.807, 2.05) is 52.0 Å². The van der Waals surface area contributed by atoms with Crippen LogP contribution in [0.5, 0.6) is 0 Å². The van der Waals surface area contributed by atoms with Crippen molar-refractivity contribution in [2.45, 2.75) is 40.2 Å². The van der Waals surface area contributed by atoms with E-state index in [4.69, 9.17) is 9.52 Å². The molecule has 0 radical (unpaired) electrons. The average Bonchev–Trinajstić information content (AvgIpc) is 2.83. The molecule has 23 heavy (non-hydrogen) atoms. The molecule has 5 nitrogen and oxygen atoms in total. The number of benzene rings is 1. The highest BCUT2D eigenvalue weighted by Gasteiger charge is 2.21. The maximum Gasteiger partial charge on any atom is 0.315 e. The number of para-hydroxylation sites is 1. The largest absolute Gasteiger partial charge is 0.459 e. The molecule has 1 atom stereocenters. The highest BCUT2D eigenvalue weighted by molar-refractivity contribution is 5.82. The summed E-state index contributed by atoms with van der Waals surface area (Å²) in [4.78, 5) is 12.1. The minimum atomic E-state index is -0.233. The Balaban J connectivity index is 1.99. The monoisotopic (exact) mass is 318 g/mol. The van der Waals surface area contributed by atoms with Crippen molar-refractivity contribution < 1.29 is 14.3 Å². The van der Waals surface area contributed by atoms with E-state index in [9.17, 15) is 4.79 Å². The second-order valence-electron chi connectivity index (χ2n) is 6.77. The molecule has 0 bridgehead atoms. The molecule has 0 fully saturated rings. The van der Waals surface area contributed by atoms with Gasteiger partial charge in [0.15, 0.2) is 0 Å². The molecule has 0 spiro atoms. The summed E-state index contributed by atoms with van der Waals surface area (Å²) in [6, 6.07) is 7.40. The van der Waals surface area contributed by atoms with E-state index in [1.54, 1.807) is 0 Å². The number of rotatable bonds is 6. The number of hydrogen-bond acceptors (Lipinski definition) is 3. The van der Waals surface area contributed by atoms with Crippen LogP contribution in [0.1, 0.15) is 44.6 Å². The van der Waals surface area contributed by atoms with Gasteiger partial charge in [0, 0.05) is 24.1 Å². The van der Waals surface area contributed by atoms with Crippen LogP contribution in [0.3, 0.4) is 0 Å². The zero-order chi connectivity index (χ0) is 17.0. The first kappa shape index (κ1) is 17.3. The molecule has 2 amide bonds. The molecule has 3 N–H and O–H groups in total. The normalized spacial score (nSPS) is 13.1. The van der Waals surface area contributed by atoms with Crippen LogP contribution < -0.4 is 10.6 Å². The van der Waals surface area contributed by atoms with Gasteiger partial charge in [-0.2, -0.15) is 0 Å². The first-order valence-electron chi connectivity index (χ1n) is 7.97. The highest BCUT2D eigenvalue weighted by atomic mass is 16.3. The van der Waals surface area contributed by atoms with Gasteiger partial charge < -0.3 is 20.2 Å². The summed E-state index contributed by atoms with van der Waals surface area (Å²) in [6.07, 6.45) is 0.644. The number of aryl methyl sites for hydroxylation is 1. The van der Waals surface area contributed by atoms with Crippen LogP contribution in [0, 0.1) is 12.3 Å². The Labute approximate surface area is 137 Å². The van der Waals surface area contributed by atoms with Crippen molar-refractivity contribution in [3.05, 3.63) is 35.6 Å². The van der Waals surface area contributed by atoms with Crippen molar-refractivity contribution in [3.8, 4) is 0 Å². The summed E-state index contributed by atoms with van der Waals surface area (Å²) in [5.41, 5.74) is 1.75. The lowest BCUT2D eigenvalue weighted by Gasteiger charge is -2.24. The third-order valence-electron chi connectivity index (χ3n) is 4.14. The number of carbonyl (C=O) groups excluding carboxylic acids is 1. The predicted molar refractivity (Wildman–Crippen MR) is 91.4 cm³/mol. The van der Waals surface area contributed by atoms with Gasteiger partial charge in [-0.15, -0.1) is 0 Å². The minimum absolute atomic E-state index is 0.116. The van der Waals surface area contributed by atoms with Crippen LogP contribution in [-0.4, -0.2) is 24.3 Å². The Morgan fingerprint density at radius 1 is 1.35 bits per heavy atom. The number of amides is 2. The highest BCUT2D eigenvalue weighted by Crippen LogP contribution is 2.29. The Kier molecular flexibility index (Phi) is 5.31. The number of carbonyl (C=O) groups is 1. The van der Waals surface area contributed by atoms with Crippen molar-refractivity contribution in [2.75, 3.05) is 13.2 Å². The quantitative estimate of drug-likeness (QED) is 0.763. The molecule has 0 saturated heterocycles. The summed E-state index contributed by atoms with van der Waals surface area (Å²) >= 11 is 0. The molecule has 0 aliphatic heterocycles. The minimum Gasteiger partial charge on any atom is -0.459 e. The maximum atomic E-state index is 12.1. The third-order valence-corrected chi connectivity index (χ3v) is 4.14.